The summed E-state index contributed by atoms with van der Waals surface area (Å²) in [7, 11) is -2.41. The molecule has 1 aromatic heterocycles. The van der Waals surface area contributed by atoms with Gasteiger partial charge in [-0.05, 0) is 29.8 Å². The van der Waals surface area contributed by atoms with E-state index in [9.17, 15) is 30.4 Å². The summed E-state index contributed by atoms with van der Waals surface area (Å²) >= 11 is 0. The molecule has 176 valence electrons. The lowest BCUT2D eigenvalue weighted by Crippen LogP contribution is -2.32. The summed E-state index contributed by atoms with van der Waals surface area (Å²) in [6.45, 7) is -0.209. The number of rotatable bonds is 5. The minimum Gasteiger partial charge on any atom is -0.378 e. The molecule has 1 aliphatic rings. The van der Waals surface area contributed by atoms with Gasteiger partial charge in [0, 0.05) is 38.3 Å². The van der Waals surface area contributed by atoms with Crippen LogP contribution in [0.25, 0.3) is 0 Å². The third-order valence-corrected chi connectivity index (χ3v) is 7.23. The summed E-state index contributed by atoms with van der Waals surface area (Å²) in [4.78, 5) is 3.88. The van der Waals surface area contributed by atoms with Crippen LogP contribution in [0, 0.1) is 11.6 Å². The predicted octanol–water partition coefficient (Wildman–Crippen LogP) is 3.99. The molecule has 1 saturated heterocycles. The average Bonchev–Trinajstić information content (AvgIpc) is 3.37. The Bertz CT molecular complexity index is 1260. The molecule has 2 unspecified atom stereocenters. The fraction of sp³-hybridized carbons (Fsp3) is 0.286. The van der Waals surface area contributed by atoms with Gasteiger partial charge in [0.25, 0.3) is 10.0 Å². The van der Waals surface area contributed by atoms with E-state index in [1.807, 2.05) is 0 Å². The maximum Gasteiger partial charge on any atom is 0.419 e. The van der Waals surface area contributed by atoms with Gasteiger partial charge in [0.15, 0.2) is 10.8 Å². The second kappa shape index (κ2) is 8.41. The van der Waals surface area contributed by atoms with Crippen LogP contribution in [0.3, 0.4) is 0 Å². The Morgan fingerprint density at radius 1 is 1.06 bits per heavy atom. The van der Waals surface area contributed by atoms with Gasteiger partial charge in [0.05, 0.1) is 17.6 Å². The fourth-order valence-corrected chi connectivity index (χ4v) is 5.33. The van der Waals surface area contributed by atoms with Crippen molar-refractivity contribution in [1.82, 2.24) is 13.9 Å². The van der Waals surface area contributed by atoms with Gasteiger partial charge < -0.3 is 9.88 Å². The quantitative estimate of drug-likeness (QED) is 0.554. The Kier molecular flexibility index (Phi) is 5.91. The number of halogens is 5. The molecule has 2 heterocycles. The number of hydrogen-bond donors (Lipinski definition) is 1. The van der Waals surface area contributed by atoms with Gasteiger partial charge in [-0.3, -0.25) is 0 Å². The number of benzene rings is 2. The lowest BCUT2D eigenvalue weighted by molar-refractivity contribution is -0.139. The molecule has 3 aromatic rings. The second-order valence-electron chi connectivity index (χ2n) is 7.77. The smallest absolute Gasteiger partial charge is 0.378 e. The first-order chi connectivity index (χ1) is 15.5. The number of nitrogens with zero attached hydrogens (tertiary/aromatic N) is 3. The van der Waals surface area contributed by atoms with Crippen molar-refractivity contribution in [3.05, 3.63) is 77.8 Å². The SMILES string of the molecule is Cn1cnc(S(=O)(=O)N2CC(Nc3cccc(C(F)(F)F)c3F)C(c3ccc(F)cc3)C2)c1. The van der Waals surface area contributed by atoms with Crippen molar-refractivity contribution >= 4 is 15.7 Å². The lowest BCUT2D eigenvalue weighted by Gasteiger charge is -2.22. The van der Waals surface area contributed by atoms with Crippen LogP contribution in [0.5, 0.6) is 0 Å². The number of hydrogen-bond acceptors (Lipinski definition) is 4. The van der Waals surface area contributed by atoms with Crippen molar-refractivity contribution in [1.29, 1.82) is 0 Å². The molecule has 1 aliphatic heterocycles. The summed E-state index contributed by atoms with van der Waals surface area (Å²) < 4.78 is 96.2. The minimum absolute atomic E-state index is 0.0528. The first-order valence-electron chi connectivity index (χ1n) is 9.82. The zero-order valence-electron chi connectivity index (χ0n) is 17.2. The van der Waals surface area contributed by atoms with E-state index in [0.717, 1.165) is 16.4 Å². The molecule has 0 radical (unpaired) electrons. The molecule has 33 heavy (non-hydrogen) atoms. The summed E-state index contributed by atoms with van der Waals surface area (Å²) in [5, 5.41) is 2.56. The summed E-state index contributed by atoms with van der Waals surface area (Å²) in [5.41, 5.74) is -1.28. The van der Waals surface area contributed by atoms with Crippen LogP contribution in [0.15, 0.2) is 60.0 Å². The maximum absolute atomic E-state index is 14.6. The van der Waals surface area contributed by atoms with E-state index in [0.29, 0.717) is 11.6 Å². The first-order valence-corrected chi connectivity index (χ1v) is 11.3. The van der Waals surface area contributed by atoms with Crippen LogP contribution in [-0.4, -0.2) is 41.4 Å². The van der Waals surface area contributed by atoms with Crippen molar-refractivity contribution in [3.63, 3.8) is 0 Å². The Hall–Kier alpha value is -2.99. The standard InChI is InChI=1S/C21H19F5N4O2S/c1-29-11-19(27-12-29)33(31,32)30-9-15(13-5-7-14(22)8-6-13)18(10-30)28-17-4-2-3-16(20(17)23)21(24,25)26/h2-8,11-12,15,18,28H,9-10H2,1H3. The van der Waals surface area contributed by atoms with E-state index in [2.05, 4.69) is 10.3 Å². The van der Waals surface area contributed by atoms with Gasteiger partial charge in [-0.15, -0.1) is 0 Å². The molecular weight excluding hydrogens is 467 g/mol. The van der Waals surface area contributed by atoms with Crippen LogP contribution in [-0.2, 0) is 23.2 Å². The van der Waals surface area contributed by atoms with E-state index in [1.54, 1.807) is 7.05 Å². The van der Waals surface area contributed by atoms with Crippen LogP contribution < -0.4 is 5.32 Å². The molecule has 1 fully saturated rings. The van der Waals surface area contributed by atoms with Crippen molar-refractivity contribution < 1.29 is 30.4 Å². The van der Waals surface area contributed by atoms with Gasteiger partial charge >= 0.3 is 6.18 Å². The molecule has 0 amide bonds. The molecule has 0 saturated carbocycles. The van der Waals surface area contributed by atoms with Gasteiger partial charge in [-0.2, -0.15) is 17.5 Å². The van der Waals surface area contributed by atoms with E-state index < -0.39 is 51.0 Å². The summed E-state index contributed by atoms with van der Waals surface area (Å²) in [6, 6.07) is 7.40. The number of aryl methyl sites for hydroxylation is 1. The number of sulfonamides is 1. The van der Waals surface area contributed by atoms with E-state index >= 15 is 0 Å². The van der Waals surface area contributed by atoms with Gasteiger partial charge in [-0.1, -0.05) is 18.2 Å². The largest absolute Gasteiger partial charge is 0.419 e. The highest BCUT2D eigenvalue weighted by atomic mass is 32.2. The van der Waals surface area contributed by atoms with Gasteiger partial charge in [0.1, 0.15) is 5.82 Å². The Balaban J connectivity index is 1.69. The average molecular weight is 486 g/mol. The normalized spacial score (nSPS) is 19.7. The Morgan fingerprint density at radius 2 is 1.76 bits per heavy atom. The lowest BCUT2D eigenvalue weighted by atomic mass is 9.94. The third kappa shape index (κ3) is 4.58. The van der Waals surface area contributed by atoms with E-state index in [1.165, 1.54) is 41.4 Å². The van der Waals surface area contributed by atoms with Crippen molar-refractivity contribution in [2.24, 2.45) is 7.05 Å². The number of anilines is 1. The number of nitrogens with one attached hydrogen (secondary N) is 1. The first kappa shape index (κ1) is 23.2. The molecule has 6 nitrogen and oxygen atoms in total. The highest BCUT2D eigenvalue weighted by molar-refractivity contribution is 7.89. The summed E-state index contributed by atoms with van der Waals surface area (Å²) in [6.07, 6.45) is -2.23. The fourth-order valence-electron chi connectivity index (χ4n) is 3.87. The molecule has 2 atom stereocenters. The zero-order chi connectivity index (χ0) is 24.0. The molecule has 4 rings (SSSR count). The van der Waals surface area contributed by atoms with Crippen LogP contribution in [0.2, 0.25) is 0 Å². The molecule has 0 aliphatic carbocycles. The van der Waals surface area contributed by atoms with Crippen LogP contribution in [0.4, 0.5) is 27.6 Å². The Labute approximate surface area is 186 Å². The molecule has 0 bridgehead atoms. The zero-order valence-corrected chi connectivity index (χ0v) is 18.0. The Morgan fingerprint density at radius 3 is 2.36 bits per heavy atom. The molecule has 0 spiro atoms. The molecule has 2 aromatic carbocycles. The maximum atomic E-state index is 14.6. The molecular formula is C21H19F5N4O2S. The van der Waals surface area contributed by atoms with Crippen molar-refractivity contribution in [2.75, 3.05) is 18.4 Å². The second-order valence-corrected chi connectivity index (χ2v) is 9.66. The molecule has 12 heteroatoms. The van der Waals surface area contributed by atoms with E-state index in [4.69, 9.17) is 0 Å². The van der Waals surface area contributed by atoms with Gasteiger partial charge in [0.2, 0.25) is 0 Å². The highest BCUT2D eigenvalue weighted by Crippen LogP contribution is 2.37. The van der Waals surface area contributed by atoms with Gasteiger partial charge in [-0.25, -0.2) is 22.2 Å². The van der Waals surface area contributed by atoms with Crippen molar-refractivity contribution in [3.8, 4) is 0 Å². The topological polar surface area (TPSA) is 67.2 Å². The monoisotopic (exact) mass is 486 g/mol. The number of imidazole rings is 1. The van der Waals surface area contributed by atoms with Crippen LogP contribution in [0.1, 0.15) is 17.0 Å². The number of aromatic nitrogens is 2. The summed E-state index contributed by atoms with van der Waals surface area (Å²) in [5.74, 6) is -2.56. The van der Waals surface area contributed by atoms with E-state index in [-0.39, 0.29) is 18.1 Å². The highest BCUT2D eigenvalue weighted by Gasteiger charge is 2.42. The molecule has 1 N–H and O–H groups in total. The van der Waals surface area contributed by atoms with Crippen LogP contribution >= 0.6 is 0 Å². The minimum atomic E-state index is -4.89. The number of alkyl halides is 3. The third-order valence-electron chi connectivity index (χ3n) is 5.51. The van der Waals surface area contributed by atoms with Crippen molar-refractivity contribution in [2.45, 2.75) is 23.2 Å². The predicted molar refractivity (Wildman–Crippen MR) is 110 cm³/mol.